The van der Waals surface area contributed by atoms with Gasteiger partial charge < -0.3 is 4.74 Å². The summed E-state index contributed by atoms with van der Waals surface area (Å²) < 4.78 is 23.4. The van der Waals surface area contributed by atoms with Gasteiger partial charge in [-0.05, 0) is 78.4 Å². The molecule has 1 aliphatic carbocycles. The van der Waals surface area contributed by atoms with Gasteiger partial charge in [-0.3, -0.25) is 9.67 Å². The Labute approximate surface area is 206 Å². The summed E-state index contributed by atoms with van der Waals surface area (Å²) in [7, 11) is 1.79. The smallest absolute Gasteiger partial charge is 0.142 e. The predicted octanol–water partition coefficient (Wildman–Crippen LogP) is 5.42. The Bertz CT molecular complexity index is 1330. The average molecular weight is 525 g/mol. The average Bonchev–Trinajstić information content (AvgIpc) is 3.38. The quantitative estimate of drug-likeness (QED) is 0.307. The third kappa shape index (κ3) is 5.04. The zero-order chi connectivity index (χ0) is 23.8. The molecule has 0 radical (unpaired) electrons. The summed E-state index contributed by atoms with van der Waals surface area (Å²) in [4.78, 5) is 5.89. The molecule has 3 aromatic heterocycles. The molecule has 1 fully saturated rings. The molecule has 7 nitrogen and oxygen atoms in total. The van der Waals surface area contributed by atoms with Gasteiger partial charge in [0.25, 0.3) is 0 Å². The first-order chi connectivity index (χ1) is 16.4. The lowest BCUT2D eigenvalue weighted by atomic mass is 9.97. The summed E-state index contributed by atoms with van der Waals surface area (Å²) in [5.74, 6) is 1.07. The fourth-order valence-electron chi connectivity index (χ4n) is 4.08. The van der Waals surface area contributed by atoms with Crippen molar-refractivity contribution in [3.05, 3.63) is 75.7 Å². The van der Waals surface area contributed by atoms with Gasteiger partial charge in [0.2, 0.25) is 0 Å². The Hall–Kier alpha value is -3.07. The number of nitrogens with zero attached hydrogens (tertiary/aromatic N) is 6. The fraction of sp³-hybridized carbons (Fsp3) is 0.360. The highest BCUT2D eigenvalue weighted by molar-refractivity contribution is 9.10. The van der Waals surface area contributed by atoms with Crippen LogP contribution in [0.2, 0.25) is 0 Å². The largest absolute Gasteiger partial charge is 0.484 e. The van der Waals surface area contributed by atoms with Crippen LogP contribution in [0.15, 0.2) is 47.3 Å². The molecule has 0 unspecified atom stereocenters. The second kappa shape index (κ2) is 9.29. The van der Waals surface area contributed by atoms with Crippen LogP contribution in [0.3, 0.4) is 0 Å². The number of aryl methyl sites for hydroxylation is 2. The van der Waals surface area contributed by atoms with Gasteiger partial charge in [0, 0.05) is 48.0 Å². The number of hydrogen-bond donors (Lipinski definition) is 0. The Kier molecular flexibility index (Phi) is 6.20. The molecule has 0 bridgehead atoms. The molecule has 0 spiro atoms. The van der Waals surface area contributed by atoms with Gasteiger partial charge in [-0.15, -0.1) is 0 Å². The monoisotopic (exact) mass is 524 g/mol. The van der Waals surface area contributed by atoms with E-state index in [0.717, 1.165) is 39.5 Å². The van der Waals surface area contributed by atoms with E-state index < -0.39 is 6.10 Å². The molecule has 4 aromatic rings. The van der Waals surface area contributed by atoms with Crippen molar-refractivity contribution in [2.24, 2.45) is 13.0 Å². The normalized spacial score (nSPS) is 14.4. The third-order valence-corrected chi connectivity index (χ3v) is 6.44. The Morgan fingerprint density at radius 3 is 2.82 bits per heavy atom. The lowest BCUT2D eigenvalue weighted by molar-refractivity contribution is 0.224. The Morgan fingerprint density at radius 1 is 1.21 bits per heavy atom. The van der Waals surface area contributed by atoms with Crippen LogP contribution in [0.1, 0.15) is 48.4 Å². The van der Waals surface area contributed by atoms with Crippen LogP contribution >= 0.6 is 15.9 Å². The minimum atomic E-state index is -0.434. The minimum Gasteiger partial charge on any atom is -0.484 e. The van der Waals surface area contributed by atoms with E-state index in [0.29, 0.717) is 23.4 Å². The molecular weight excluding hydrogens is 499 g/mol. The van der Waals surface area contributed by atoms with Gasteiger partial charge in [-0.25, -0.2) is 4.39 Å². The van der Waals surface area contributed by atoms with E-state index in [1.54, 1.807) is 24.1 Å². The maximum absolute atomic E-state index is 14.3. The zero-order valence-electron chi connectivity index (χ0n) is 19.4. The highest BCUT2D eigenvalue weighted by Crippen LogP contribution is 2.34. The van der Waals surface area contributed by atoms with E-state index in [-0.39, 0.29) is 5.82 Å². The molecule has 9 heteroatoms. The van der Waals surface area contributed by atoms with Gasteiger partial charge in [0.15, 0.2) is 0 Å². The van der Waals surface area contributed by atoms with Gasteiger partial charge in [-0.2, -0.15) is 20.1 Å². The van der Waals surface area contributed by atoms with Crippen LogP contribution in [0.5, 0.6) is 5.75 Å². The first-order valence-corrected chi connectivity index (χ1v) is 12.1. The van der Waals surface area contributed by atoms with E-state index in [9.17, 15) is 4.39 Å². The first-order valence-electron chi connectivity index (χ1n) is 11.4. The molecule has 34 heavy (non-hydrogen) atoms. The highest BCUT2D eigenvalue weighted by Gasteiger charge is 2.23. The van der Waals surface area contributed by atoms with E-state index >= 15 is 0 Å². The molecule has 0 saturated heterocycles. The van der Waals surface area contributed by atoms with Crippen LogP contribution in [0, 0.1) is 18.7 Å². The molecular formula is C25H26BrFN6O. The summed E-state index contributed by atoms with van der Waals surface area (Å²) in [5, 5.41) is 13.8. The van der Waals surface area contributed by atoms with E-state index in [1.165, 1.54) is 25.0 Å². The van der Waals surface area contributed by atoms with Gasteiger partial charge in [-0.1, -0.05) is 0 Å². The number of pyridine rings is 1. The second-order valence-corrected chi connectivity index (χ2v) is 9.82. The summed E-state index contributed by atoms with van der Waals surface area (Å²) in [5.41, 5.74) is 4.86. The highest BCUT2D eigenvalue weighted by atomic mass is 79.9. The van der Waals surface area contributed by atoms with Crippen molar-refractivity contribution in [2.75, 3.05) is 0 Å². The first kappa shape index (κ1) is 22.7. The maximum atomic E-state index is 14.3. The molecule has 0 aliphatic heterocycles. The van der Waals surface area contributed by atoms with Crippen molar-refractivity contribution < 1.29 is 9.13 Å². The molecule has 3 heterocycles. The Morgan fingerprint density at radius 2 is 2.03 bits per heavy atom. The van der Waals surface area contributed by atoms with E-state index in [1.807, 2.05) is 30.8 Å². The topological polar surface area (TPSA) is 70.7 Å². The van der Waals surface area contributed by atoms with Crippen molar-refractivity contribution in [3.63, 3.8) is 0 Å². The SMILES string of the molecule is Cc1ncc(Br)cc1O[C@H](C)c1cc(F)ccc1-c1nn(C)nc1Cc1cnn(CC2CC2)c1. The number of halogens is 2. The van der Waals surface area contributed by atoms with Crippen molar-refractivity contribution in [3.8, 4) is 17.0 Å². The number of aromatic nitrogens is 6. The van der Waals surface area contributed by atoms with Crippen LogP contribution < -0.4 is 4.74 Å². The van der Waals surface area contributed by atoms with Crippen molar-refractivity contribution in [1.82, 2.24) is 29.8 Å². The summed E-state index contributed by atoms with van der Waals surface area (Å²) in [6.45, 7) is 4.75. The molecule has 1 saturated carbocycles. The van der Waals surface area contributed by atoms with Crippen LogP contribution in [0.4, 0.5) is 4.39 Å². The molecule has 1 aliphatic rings. The van der Waals surface area contributed by atoms with Gasteiger partial charge >= 0.3 is 0 Å². The predicted molar refractivity (Wildman–Crippen MR) is 130 cm³/mol. The van der Waals surface area contributed by atoms with Crippen LogP contribution in [-0.4, -0.2) is 29.8 Å². The molecule has 176 valence electrons. The lowest BCUT2D eigenvalue weighted by Gasteiger charge is -2.19. The number of ether oxygens (including phenoxy) is 1. The molecule has 1 aromatic carbocycles. The van der Waals surface area contributed by atoms with E-state index in [2.05, 4.69) is 42.4 Å². The molecule has 5 rings (SSSR count). The molecule has 0 amide bonds. The summed E-state index contributed by atoms with van der Waals surface area (Å²) in [6.07, 6.45) is 8.42. The van der Waals surface area contributed by atoms with Crippen molar-refractivity contribution >= 4 is 15.9 Å². The fourth-order valence-corrected chi connectivity index (χ4v) is 4.39. The van der Waals surface area contributed by atoms with Crippen molar-refractivity contribution in [1.29, 1.82) is 0 Å². The lowest BCUT2D eigenvalue weighted by Crippen LogP contribution is -2.08. The maximum Gasteiger partial charge on any atom is 0.142 e. The van der Waals surface area contributed by atoms with Gasteiger partial charge in [0.1, 0.15) is 23.4 Å². The number of rotatable bonds is 8. The minimum absolute atomic E-state index is 0.329. The van der Waals surface area contributed by atoms with Crippen LogP contribution in [-0.2, 0) is 20.0 Å². The number of benzene rings is 1. The van der Waals surface area contributed by atoms with Gasteiger partial charge in [0.05, 0.1) is 17.6 Å². The van der Waals surface area contributed by atoms with Crippen LogP contribution in [0.25, 0.3) is 11.3 Å². The molecule has 0 N–H and O–H groups in total. The van der Waals surface area contributed by atoms with E-state index in [4.69, 9.17) is 4.74 Å². The second-order valence-electron chi connectivity index (χ2n) is 8.90. The Balaban J connectivity index is 1.46. The summed E-state index contributed by atoms with van der Waals surface area (Å²) >= 11 is 3.44. The molecule has 1 atom stereocenters. The van der Waals surface area contributed by atoms with Crippen molar-refractivity contribution in [2.45, 2.75) is 45.8 Å². The zero-order valence-corrected chi connectivity index (χ0v) is 21.0. The standard InChI is InChI=1S/C25H26BrFN6O/c1-15-24(9-19(26)12-28-15)34-16(2)22-10-20(27)6-7-21(22)25-23(30-32(3)31-25)8-18-11-29-33(14-18)13-17-4-5-17/h6-7,9-12,14,16-17H,4-5,8,13H2,1-3H3/t16-/m1/s1. The number of hydrogen-bond acceptors (Lipinski definition) is 5. The summed E-state index contributed by atoms with van der Waals surface area (Å²) in [6, 6.07) is 6.57. The third-order valence-electron chi connectivity index (χ3n) is 6.00.